The van der Waals surface area contributed by atoms with Gasteiger partial charge < -0.3 is 25.0 Å². The number of ether oxygens (including phenoxy) is 2. The third kappa shape index (κ3) is 8.34. The normalized spacial score (nSPS) is 23.7. The molecule has 2 aliphatic heterocycles. The molecule has 0 amide bonds. The van der Waals surface area contributed by atoms with Gasteiger partial charge in [0.1, 0.15) is 0 Å². The van der Waals surface area contributed by atoms with Crippen LogP contribution in [0.4, 0.5) is 0 Å². The minimum atomic E-state index is 0.294. The van der Waals surface area contributed by atoms with Gasteiger partial charge in [-0.05, 0) is 32.7 Å². The van der Waals surface area contributed by atoms with E-state index in [-0.39, 0.29) is 0 Å². The van der Waals surface area contributed by atoms with E-state index in [0.29, 0.717) is 18.1 Å². The average molecular weight is 384 g/mol. The van der Waals surface area contributed by atoms with Crippen molar-refractivity contribution in [2.24, 2.45) is 10.9 Å². The van der Waals surface area contributed by atoms with E-state index in [9.17, 15) is 0 Å². The van der Waals surface area contributed by atoms with Crippen LogP contribution in [0, 0.1) is 5.92 Å². The summed E-state index contributed by atoms with van der Waals surface area (Å²) in [6, 6.07) is 0.500. The van der Waals surface area contributed by atoms with Crippen LogP contribution in [0.1, 0.15) is 33.6 Å². The molecule has 0 aromatic heterocycles. The molecule has 2 heterocycles. The van der Waals surface area contributed by atoms with E-state index in [1.807, 2.05) is 0 Å². The zero-order valence-electron chi connectivity index (χ0n) is 17.9. The van der Waals surface area contributed by atoms with Gasteiger partial charge in [0.25, 0.3) is 0 Å². The summed E-state index contributed by atoms with van der Waals surface area (Å²) in [6.45, 7) is 16.3. The third-order valence-electron chi connectivity index (χ3n) is 5.41. The maximum Gasteiger partial charge on any atom is 0.191 e. The maximum atomic E-state index is 5.83. The molecule has 2 aliphatic rings. The first kappa shape index (κ1) is 22.4. The molecule has 0 aliphatic carbocycles. The van der Waals surface area contributed by atoms with E-state index in [2.05, 4.69) is 48.3 Å². The number of guanidine groups is 1. The lowest BCUT2D eigenvalue weighted by Crippen LogP contribution is -2.52. The van der Waals surface area contributed by atoms with Crippen molar-refractivity contribution in [2.45, 2.75) is 45.8 Å². The Morgan fingerprint density at radius 2 is 2.00 bits per heavy atom. The van der Waals surface area contributed by atoms with Gasteiger partial charge in [0.15, 0.2) is 5.96 Å². The zero-order chi connectivity index (χ0) is 19.5. The minimum absolute atomic E-state index is 0.294. The van der Waals surface area contributed by atoms with E-state index in [4.69, 9.17) is 14.5 Å². The quantitative estimate of drug-likeness (QED) is 0.334. The Hall–Kier alpha value is -0.890. The fraction of sp³-hybridized carbons (Fsp3) is 0.950. The van der Waals surface area contributed by atoms with Gasteiger partial charge in [-0.15, -0.1) is 0 Å². The lowest BCUT2D eigenvalue weighted by atomic mass is 10.0. The highest BCUT2D eigenvalue weighted by molar-refractivity contribution is 5.79. The Kier molecular flexibility index (Phi) is 10.4. The second-order valence-electron chi connectivity index (χ2n) is 8.01. The fourth-order valence-corrected chi connectivity index (χ4v) is 3.60. The average Bonchev–Trinajstić information content (AvgIpc) is 3.16. The van der Waals surface area contributed by atoms with Gasteiger partial charge >= 0.3 is 0 Å². The Labute approximate surface area is 165 Å². The van der Waals surface area contributed by atoms with Gasteiger partial charge in [-0.3, -0.25) is 9.89 Å². The Morgan fingerprint density at radius 1 is 1.22 bits per heavy atom. The number of nitrogens with one attached hydrogen (secondary N) is 2. The van der Waals surface area contributed by atoms with E-state index >= 15 is 0 Å². The van der Waals surface area contributed by atoms with E-state index in [1.54, 1.807) is 0 Å². The van der Waals surface area contributed by atoms with Crippen molar-refractivity contribution in [3.8, 4) is 0 Å². The monoisotopic (exact) mass is 383 g/mol. The maximum absolute atomic E-state index is 5.83. The summed E-state index contributed by atoms with van der Waals surface area (Å²) in [7, 11) is 2.20. The summed E-state index contributed by atoms with van der Waals surface area (Å²) in [6.07, 6.45) is 2.30. The van der Waals surface area contributed by atoms with Gasteiger partial charge in [-0.2, -0.15) is 0 Å². The van der Waals surface area contributed by atoms with Gasteiger partial charge in [0.2, 0.25) is 0 Å². The van der Waals surface area contributed by atoms with Crippen LogP contribution in [0.15, 0.2) is 4.99 Å². The predicted molar refractivity (Wildman–Crippen MR) is 111 cm³/mol. The summed E-state index contributed by atoms with van der Waals surface area (Å²) in [4.78, 5) is 9.89. The van der Waals surface area contributed by atoms with Gasteiger partial charge in [-0.25, -0.2) is 0 Å². The summed E-state index contributed by atoms with van der Waals surface area (Å²) < 4.78 is 11.2. The number of hydrogen-bond donors (Lipinski definition) is 2. The summed E-state index contributed by atoms with van der Waals surface area (Å²) in [5, 5.41) is 6.82. The number of rotatable bonds is 10. The molecule has 2 saturated heterocycles. The molecule has 0 aromatic rings. The van der Waals surface area contributed by atoms with E-state index in [0.717, 1.165) is 84.4 Å². The summed E-state index contributed by atoms with van der Waals surface area (Å²) >= 11 is 0. The Balaban J connectivity index is 1.73. The van der Waals surface area contributed by atoms with Crippen molar-refractivity contribution in [3.05, 3.63) is 0 Å². The van der Waals surface area contributed by atoms with Crippen LogP contribution in [0.5, 0.6) is 0 Å². The molecule has 0 radical (unpaired) electrons. The third-order valence-corrected chi connectivity index (χ3v) is 5.41. The summed E-state index contributed by atoms with van der Waals surface area (Å²) in [5.41, 5.74) is 0. The lowest BCUT2D eigenvalue weighted by Gasteiger charge is -2.39. The van der Waals surface area contributed by atoms with Crippen molar-refractivity contribution in [2.75, 3.05) is 72.7 Å². The Bertz CT molecular complexity index is 419. The van der Waals surface area contributed by atoms with Crippen molar-refractivity contribution < 1.29 is 9.47 Å². The van der Waals surface area contributed by atoms with Crippen LogP contribution < -0.4 is 10.6 Å². The highest BCUT2D eigenvalue weighted by Gasteiger charge is 2.24. The zero-order valence-corrected chi connectivity index (χ0v) is 17.9. The number of nitrogens with zero attached hydrogens (tertiary/aromatic N) is 3. The molecular weight excluding hydrogens is 342 g/mol. The highest BCUT2D eigenvalue weighted by Crippen LogP contribution is 2.14. The molecule has 2 atom stereocenters. The molecular formula is C20H41N5O2. The molecule has 7 heteroatoms. The van der Waals surface area contributed by atoms with Gasteiger partial charge in [0, 0.05) is 58.5 Å². The molecule has 0 aromatic carbocycles. The predicted octanol–water partition coefficient (Wildman–Crippen LogP) is 1.01. The smallest absolute Gasteiger partial charge is 0.191 e. The minimum Gasteiger partial charge on any atom is -0.379 e. The molecule has 0 spiro atoms. The largest absolute Gasteiger partial charge is 0.379 e. The molecule has 2 rings (SSSR count). The number of likely N-dealkylation sites (N-methyl/N-ethyl adjacent to an activating group) is 1. The fourth-order valence-electron chi connectivity index (χ4n) is 3.60. The standard InChI is InChI=1S/C20H41N5O2/c1-5-21-20(22-8-6-13-27-18-7-14-26-16-18)23-15-19(17(2)3)25-11-9-24(4)10-12-25/h17-19H,5-16H2,1-4H3,(H2,21,22,23). The molecule has 0 saturated carbocycles. The van der Waals surface area contributed by atoms with Crippen LogP contribution in [-0.4, -0.2) is 101 Å². The lowest BCUT2D eigenvalue weighted by molar-refractivity contribution is 0.0420. The van der Waals surface area contributed by atoms with Gasteiger partial charge in [-0.1, -0.05) is 13.8 Å². The summed E-state index contributed by atoms with van der Waals surface area (Å²) in [5.74, 6) is 1.52. The number of hydrogen-bond acceptors (Lipinski definition) is 5. The van der Waals surface area contributed by atoms with Crippen LogP contribution in [0.2, 0.25) is 0 Å². The van der Waals surface area contributed by atoms with Crippen molar-refractivity contribution >= 4 is 5.96 Å². The molecule has 2 unspecified atom stereocenters. The number of aliphatic imine (C=N–C) groups is 1. The van der Waals surface area contributed by atoms with Crippen LogP contribution in [0.3, 0.4) is 0 Å². The molecule has 158 valence electrons. The van der Waals surface area contributed by atoms with Crippen molar-refractivity contribution in [1.82, 2.24) is 20.4 Å². The molecule has 27 heavy (non-hydrogen) atoms. The topological polar surface area (TPSA) is 61.4 Å². The van der Waals surface area contributed by atoms with Crippen LogP contribution in [0.25, 0.3) is 0 Å². The molecule has 7 nitrogen and oxygen atoms in total. The SMILES string of the molecule is CCNC(=NCC(C(C)C)N1CCN(C)CC1)NCCCOC1CCOC1. The second-order valence-corrected chi connectivity index (χ2v) is 8.01. The highest BCUT2D eigenvalue weighted by atomic mass is 16.5. The van der Waals surface area contributed by atoms with E-state index < -0.39 is 0 Å². The van der Waals surface area contributed by atoms with Crippen LogP contribution >= 0.6 is 0 Å². The van der Waals surface area contributed by atoms with Crippen molar-refractivity contribution in [3.63, 3.8) is 0 Å². The van der Waals surface area contributed by atoms with Crippen LogP contribution in [-0.2, 0) is 9.47 Å². The first-order chi connectivity index (χ1) is 13.1. The van der Waals surface area contributed by atoms with Crippen molar-refractivity contribution in [1.29, 1.82) is 0 Å². The van der Waals surface area contributed by atoms with E-state index in [1.165, 1.54) is 0 Å². The van der Waals surface area contributed by atoms with Gasteiger partial charge in [0.05, 0.1) is 19.3 Å². The first-order valence-electron chi connectivity index (χ1n) is 10.7. The Morgan fingerprint density at radius 3 is 2.63 bits per heavy atom. The second kappa shape index (κ2) is 12.5. The number of piperazine rings is 1. The molecule has 2 N–H and O–H groups in total. The first-order valence-corrected chi connectivity index (χ1v) is 10.7. The molecule has 0 bridgehead atoms. The molecule has 2 fully saturated rings.